The summed E-state index contributed by atoms with van der Waals surface area (Å²) in [4.78, 5) is 15.3. The fourth-order valence-corrected chi connectivity index (χ4v) is 3.68. The van der Waals surface area contributed by atoms with Crippen molar-refractivity contribution in [3.8, 4) is 6.07 Å². The molecule has 1 N–H and O–H groups in total. The molecule has 1 aromatic rings. The van der Waals surface area contributed by atoms with Gasteiger partial charge in [-0.2, -0.15) is 18.4 Å². The third-order valence-corrected chi connectivity index (χ3v) is 5.26. The Morgan fingerprint density at radius 1 is 1.27 bits per heavy atom. The normalized spacial score (nSPS) is 17.8. The summed E-state index contributed by atoms with van der Waals surface area (Å²) in [5.74, 6) is -1.14. The summed E-state index contributed by atoms with van der Waals surface area (Å²) >= 11 is 0. The average Bonchev–Trinajstić information content (AvgIpc) is 2.73. The van der Waals surface area contributed by atoms with Gasteiger partial charge in [-0.3, -0.25) is 4.79 Å². The molecule has 0 unspecified atom stereocenters. The van der Waals surface area contributed by atoms with Gasteiger partial charge in [0.2, 0.25) is 0 Å². The number of carbonyl (C=O) groups is 1. The van der Waals surface area contributed by atoms with Crippen LogP contribution in [-0.4, -0.2) is 45.1 Å². The number of rotatable bonds is 4. The third-order valence-electron chi connectivity index (χ3n) is 5.26. The fraction of sp³-hybridized carbons (Fsp3) is 0.500. The van der Waals surface area contributed by atoms with Crippen LogP contribution in [0.15, 0.2) is 23.9 Å². The zero-order valence-corrected chi connectivity index (χ0v) is 16.4. The molecule has 0 atom stereocenters. The second-order valence-corrected chi connectivity index (χ2v) is 7.12. The van der Waals surface area contributed by atoms with E-state index in [-0.39, 0.29) is 36.4 Å². The van der Waals surface area contributed by atoms with Gasteiger partial charge in [-0.15, -0.1) is 0 Å². The highest BCUT2D eigenvalue weighted by atomic mass is 19.4. The van der Waals surface area contributed by atoms with E-state index in [0.29, 0.717) is 38.2 Å². The van der Waals surface area contributed by atoms with Crippen molar-refractivity contribution < 1.29 is 27.1 Å². The van der Waals surface area contributed by atoms with Crippen LogP contribution in [0.4, 0.5) is 28.9 Å². The number of esters is 1. The van der Waals surface area contributed by atoms with Crippen LogP contribution in [-0.2, 0) is 9.53 Å². The van der Waals surface area contributed by atoms with Gasteiger partial charge >= 0.3 is 12.1 Å². The molecule has 0 bridgehead atoms. The first-order valence-electron chi connectivity index (χ1n) is 9.66. The third kappa shape index (κ3) is 4.61. The van der Waals surface area contributed by atoms with E-state index in [1.807, 2.05) is 11.0 Å². The van der Waals surface area contributed by atoms with Gasteiger partial charge in [-0.1, -0.05) is 0 Å². The number of alkyl halides is 3. The van der Waals surface area contributed by atoms with Gasteiger partial charge in [0, 0.05) is 19.6 Å². The fourth-order valence-electron chi connectivity index (χ4n) is 3.68. The number of anilines is 2. The van der Waals surface area contributed by atoms with Crippen LogP contribution >= 0.6 is 0 Å². The predicted octanol–water partition coefficient (Wildman–Crippen LogP) is 3.29. The SMILES string of the molecule is CCOC(=O)C1CCN(c2cc(N3CC=C(C(F)(F)F)NC3)c(F)cc2C#N)CC1. The standard InChI is InChI=1S/C20H22F4N4O2/c1-2-30-19(29)13-3-6-27(7-4-13)16-10-17(15(21)9-14(16)11-25)28-8-5-18(26-12-28)20(22,23)24/h5,9-10,13,26H,2-4,6-8,12H2,1H3. The van der Waals surface area contributed by atoms with Crippen LogP contribution in [0.5, 0.6) is 0 Å². The molecule has 6 nitrogen and oxygen atoms in total. The highest BCUT2D eigenvalue weighted by Gasteiger charge is 2.36. The molecule has 10 heteroatoms. The molecule has 1 fully saturated rings. The number of nitrogens with one attached hydrogen (secondary N) is 1. The Kier molecular flexibility index (Phi) is 6.39. The molecular formula is C20H22F4N4O2. The molecule has 2 aliphatic rings. The summed E-state index contributed by atoms with van der Waals surface area (Å²) in [6.07, 6.45) is -2.44. The Bertz CT molecular complexity index is 871. The van der Waals surface area contributed by atoms with Crippen molar-refractivity contribution in [3.05, 3.63) is 35.3 Å². The zero-order valence-electron chi connectivity index (χ0n) is 16.4. The maximum Gasteiger partial charge on any atom is 0.430 e. The number of carbonyl (C=O) groups excluding carboxylic acids is 1. The first-order chi connectivity index (χ1) is 14.2. The van der Waals surface area contributed by atoms with E-state index in [0.717, 1.165) is 12.1 Å². The van der Waals surface area contributed by atoms with Gasteiger partial charge < -0.3 is 19.9 Å². The topological polar surface area (TPSA) is 68.6 Å². The van der Waals surface area contributed by atoms with Gasteiger partial charge in [-0.05, 0) is 38.0 Å². The molecule has 1 aromatic carbocycles. The lowest BCUT2D eigenvalue weighted by molar-refractivity contribution is -0.148. The summed E-state index contributed by atoms with van der Waals surface area (Å²) in [6, 6.07) is 4.57. The minimum absolute atomic E-state index is 0.112. The summed E-state index contributed by atoms with van der Waals surface area (Å²) in [6.45, 7) is 2.70. The van der Waals surface area contributed by atoms with Gasteiger partial charge in [-0.25, -0.2) is 4.39 Å². The lowest BCUT2D eigenvalue weighted by Crippen LogP contribution is -2.43. The molecule has 0 aromatic heterocycles. The lowest BCUT2D eigenvalue weighted by Gasteiger charge is -2.35. The van der Waals surface area contributed by atoms with Crippen molar-refractivity contribution in [1.82, 2.24) is 5.32 Å². The van der Waals surface area contributed by atoms with Crippen molar-refractivity contribution in [2.75, 3.05) is 42.7 Å². The quantitative estimate of drug-likeness (QED) is 0.589. The van der Waals surface area contributed by atoms with Crippen molar-refractivity contribution in [2.24, 2.45) is 5.92 Å². The van der Waals surface area contributed by atoms with E-state index >= 15 is 0 Å². The first-order valence-corrected chi connectivity index (χ1v) is 9.66. The minimum atomic E-state index is -4.48. The molecule has 0 aliphatic carbocycles. The number of nitrogens with zero attached hydrogens (tertiary/aromatic N) is 3. The van der Waals surface area contributed by atoms with E-state index in [2.05, 4.69) is 5.32 Å². The largest absolute Gasteiger partial charge is 0.466 e. The molecule has 2 heterocycles. The predicted molar refractivity (Wildman–Crippen MR) is 102 cm³/mol. The number of hydrogen-bond acceptors (Lipinski definition) is 6. The van der Waals surface area contributed by atoms with Crippen molar-refractivity contribution in [3.63, 3.8) is 0 Å². The minimum Gasteiger partial charge on any atom is -0.466 e. The molecule has 162 valence electrons. The number of ether oxygens (including phenoxy) is 1. The average molecular weight is 426 g/mol. The van der Waals surface area contributed by atoms with Crippen molar-refractivity contribution in [1.29, 1.82) is 5.26 Å². The maximum atomic E-state index is 14.6. The van der Waals surface area contributed by atoms with Crippen LogP contribution in [0, 0.1) is 23.1 Å². The first kappa shape index (κ1) is 21.7. The molecule has 0 saturated carbocycles. The highest BCUT2D eigenvalue weighted by Crippen LogP contribution is 2.34. The molecule has 0 spiro atoms. The van der Waals surface area contributed by atoms with Crippen LogP contribution in [0.2, 0.25) is 0 Å². The van der Waals surface area contributed by atoms with Gasteiger partial charge in [0.05, 0.1) is 36.1 Å². The van der Waals surface area contributed by atoms with E-state index in [1.54, 1.807) is 6.92 Å². The highest BCUT2D eigenvalue weighted by molar-refractivity contribution is 5.73. The summed E-state index contributed by atoms with van der Waals surface area (Å²) in [5, 5.41) is 11.7. The number of allylic oxidation sites excluding steroid dienone is 1. The molecule has 3 rings (SSSR count). The number of halogens is 4. The van der Waals surface area contributed by atoms with E-state index < -0.39 is 17.7 Å². The smallest absolute Gasteiger partial charge is 0.430 e. The Labute approximate surface area is 171 Å². The van der Waals surface area contributed by atoms with E-state index in [1.165, 1.54) is 11.0 Å². The number of piperidine rings is 1. The molecular weight excluding hydrogens is 404 g/mol. The molecule has 0 radical (unpaired) electrons. The van der Waals surface area contributed by atoms with Gasteiger partial charge in [0.25, 0.3) is 0 Å². The Hall–Kier alpha value is -2.96. The molecule has 2 aliphatic heterocycles. The second kappa shape index (κ2) is 8.81. The van der Waals surface area contributed by atoms with E-state index in [9.17, 15) is 27.6 Å². The molecule has 0 amide bonds. The van der Waals surface area contributed by atoms with Crippen LogP contribution < -0.4 is 15.1 Å². The van der Waals surface area contributed by atoms with Crippen LogP contribution in [0.25, 0.3) is 0 Å². The second-order valence-electron chi connectivity index (χ2n) is 7.12. The Morgan fingerprint density at radius 3 is 2.50 bits per heavy atom. The number of benzene rings is 1. The summed E-state index contributed by atoms with van der Waals surface area (Å²) < 4.78 is 58.0. The van der Waals surface area contributed by atoms with Crippen molar-refractivity contribution in [2.45, 2.75) is 25.9 Å². The lowest BCUT2D eigenvalue weighted by atomic mass is 9.96. The van der Waals surface area contributed by atoms with Crippen LogP contribution in [0.1, 0.15) is 25.3 Å². The number of hydrogen-bond donors (Lipinski definition) is 1. The summed E-state index contributed by atoms with van der Waals surface area (Å²) in [5.41, 5.74) is -0.0975. The molecule has 1 saturated heterocycles. The Balaban J connectivity index is 1.79. The zero-order chi connectivity index (χ0) is 21.9. The maximum absolute atomic E-state index is 14.6. The monoisotopic (exact) mass is 426 g/mol. The van der Waals surface area contributed by atoms with E-state index in [4.69, 9.17) is 4.74 Å². The van der Waals surface area contributed by atoms with Crippen molar-refractivity contribution >= 4 is 17.3 Å². The number of nitriles is 1. The van der Waals surface area contributed by atoms with Crippen LogP contribution in [0.3, 0.4) is 0 Å². The van der Waals surface area contributed by atoms with Gasteiger partial charge in [0.1, 0.15) is 17.6 Å². The summed E-state index contributed by atoms with van der Waals surface area (Å²) in [7, 11) is 0. The molecule has 30 heavy (non-hydrogen) atoms. The van der Waals surface area contributed by atoms with Gasteiger partial charge in [0.15, 0.2) is 0 Å². The Morgan fingerprint density at radius 2 is 1.97 bits per heavy atom.